The Balaban J connectivity index is 1.92. The van der Waals surface area contributed by atoms with Crippen LogP contribution in [0.1, 0.15) is 0 Å². The standard InChI is InChI=1S/C22H20NO2P/c24-22-23-18(16-25-22)17-26(19-10-4-1-5-11-19,20-12-6-2-7-13-20)21-14-8-3-9-15-21/h1-15,18H,16-17H2/p+1/t18-/m0/s1. The quantitative estimate of drug-likeness (QED) is 0.709. The van der Waals surface area contributed by atoms with E-state index in [1.807, 2.05) is 0 Å². The zero-order valence-corrected chi connectivity index (χ0v) is 15.3. The van der Waals surface area contributed by atoms with E-state index in [9.17, 15) is 4.79 Å². The molecule has 3 nitrogen and oxygen atoms in total. The molecule has 1 aliphatic rings. The summed E-state index contributed by atoms with van der Waals surface area (Å²) in [4.78, 5) is 11.6. The molecule has 1 fully saturated rings. The Hall–Kier alpha value is -2.64. The minimum atomic E-state index is -1.92. The first-order chi connectivity index (χ1) is 12.8. The number of ether oxygens (including phenoxy) is 1. The summed E-state index contributed by atoms with van der Waals surface area (Å²) in [6, 6.07) is 32.0. The van der Waals surface area contributed by atoms with Gasteiger partial charge in [0.1, 0.15) is 35.8 Å². The molecule has 0 saturated carbocycles. The summed E-state index contributed by atoms with van der Waals surface area (Å²) in [5, 5.41) is 6.94. The Morgan fingerprint density at radius 2 is 1.19 bits per heavy atom. The van der Waals surface area contributed by atoms with Crippen LogP contribution >= 0.6 is 7.26 Å². The predicted molar refractivity (Wildman–Crippen MR) is 108 cm³/mol. The molecule has 1 heterocycles. The molecule has 130 valence electrons. The molecule has 4 rings (SSSR count). The van der Waals surface area contributed by atoms with Crippen LogP contribution in [0.3, 0.4) is 0 Å². The van der Waals surface area contributed by atoms with Gasteiger partial charge in [-0.1, -0.05) is 54.6 Å². The van der Waals surface area contributed by atoms with Crippen LogP contribution in [-0.2, 0) is 4.74 Å². The minimum Gasteiger partial charge on any atom is -0.447 e. The minimum absolute atomic E-state index is 0.0106. The van der Waals surface area contributed by atoms with Crippen LogP contribution in [-0.4, -0.2) is 24.9 Å². The molecule has 4 heteroatoms. The smallest absolute Gasteiger partial charge is 0.407 e. The average molecular weight is 362 g/mol. The summed E-state index contributed by atoms with van der Waals surface area (Å²) < 4.78 is 5.19. The number of benzene rings is 3. The lowest BCUT2D eigenvalue weighted by Crippen LogP contribution is -2.41. The lowest BCUT2D eigenvalue weighted by molar-refractivity contribution is 0.177. The van der Waals surface area contributed by atoms with Gasteiger partial charge < -0.3 is 10.1 Å². The van der Waals surface area contributed by atoms with E-state index < -0.39 is 7.26 Å². The Morgan fingerprint density at radius 1 is 0.769 bits per heavy atom. The lowest BCUT2D eigenvalue weighted by Gasteiger charge is -2.29. The van der Waals surface area contributed by atoms with Crippen LogP contribution in [0.25, 0.3) is 0 Å². The maximum atomic E-state index is 11.6. The number of carbonyl (C=O) groups excluding carboxylic acids is 1. The monoisotopic (exact) mass is 362 g/mol. The second kappa shape index (κ2) is 7.31. The van der Waals surface area contributed by atoms with Crippen LogP contribution in [0.2, 0.25) is 0 Å². The van der Waals surface area contributed by atoms with Gasteiger partial charge in [-0.05, 0) is 36.4 Å². The highest BCUT2D eigenvalue weighted by atomic mass is 31.2. The average Bonchev–Trinajstić information content (AvgIpc) is 3.13. The summed E-state index contributed by atoms with van der Waals surface area (Å²) >= 11 is 0. The molecule has 26 heavy (non-hydrogen) atoms. The summed E-state index contributed by atoms with van der Waals surface area (Å²) in [7, 11) is -1.92. The molecule has 0 aliphatic carbocycles. The fourth-order valence-corrected chi connectivity index (χ4v) is 8.09. The third-order valence-corrected chi connectivity index (χ3v) is 9.35. The van der Waals surface area contributed by atoms with Crippen molar-refractivity contribution in [1.29, 1.82) is 0 Å². The van der Waals surface area contributed by atoms with Crippen LogP contribution in [0.4, 0.5) is 4.79 Å². The van der Waals surface area contributed by atoms with Crippen molar-refractivity contribution in [3.05, 3.63) is 91.0 Å². The van der Waals surface area contributed by atoms with Crippen LogP contribution in [0.15, 0.2) is 91.0 Å². The van der Waals surface area contributed by atoms with E-state index in [2.05, 4.69) is 96.3 Å². The van der Waals surface area contributed by atoms with Gasteiger partial charge in [0.05, 0.1) is 6.16 Å². The van der Waals surface area contributed by atoms with Crippen LogP contribution < -0.4 is 21.2 Å². The third kappa shape index (κ3) is 3.11. The second-order valence-corrected chi connectivity index (χ2v) is 9.97. The molecular weight excluding hydrogens is 341 g/mol. The zero-order valence-electron chi connectivity index (χ0n) is 14.4. The van der Waals surface area contributed by atoms with Gasteiger partial charge in [-0.25, -0.2) is 4.79 Å². The zero-order chi connectivity index (χ0) is 17.8. The van der Waals surface area contributed by atoms with Crippen LogP contribution in [0.5, 0.6) is 0 Å². The molecule has 1 aliphatic heterocycles. The molecule has 1 amide bonds. The van der Waals surface area contributed by atoms with Gasteiger partial charge in [-0.3, -0.25) is 0 Å². The number of carbonyl (C=O) groups is 1. The number of hydrogen-bond donors (Lipinski definition) is 1. The molecule has 3 aromatic rings. The Labute approximate surface area is 154 Å². The number of nitrogens with one attached hydrogen (secondary N) is 1. The normalized spacial score (nSPS) is 16.8. The van der Waals surface area contributed by atoms with E-state index >= 15 is 0 Å². The largest absolute Gasteiger partial charge is 0.447 e. The molecule has 0 radical (unpaired) electrons. The summed E-state index contributed by atoms with van der Waals surface area (Å²) in [5.41, 5.74) is 0. The summed E-state index contributed by atoms with van der Waals surface area (Å²) in [6.07, 6.45) is 0.527. The van der Waals surface area contributed by atoms with Gasteiger partial charge in [-0.2, -0.15) is 0 Å². The van der Waals surface area contributed by atoms with E-state index in [-0.39, 0.29) is 12.1 Å². The first kappa shape index (κ1) is 16.8. The summed E-state index contributed by atoms with van der Waals surface area (Å²) in [6.45, 7) is 0.424. The van der Waals surface area contributed by atoms with Gasteiger partial charge in [0.25, 0.3) is 0 Å². The molecular formula is C22H21NO2P+. The maximum Gasteiger partial charge on any atom is 0.407 e. The summed E-state index contributed by atoms with van der Waals surface area (Å²) in [5.74, 6) is 0. The Bertz CT molecular complexity index is 772. The molecule has 0 spiro atoms. The van der Waals surface area contributed by atoms with Crippen molar-refractivity contribution in [2.24, 2.45) is 0 Å². The van der Waals surface area contributed by atoms with Crippen molar-refractivity contribution < 1.29 is 9.53 Å². The first-order valence-corrected chi connectivity index (χ1v) is 10.7. The fourth-order valence-electron chi connectivity index (χ4n) is 3.67. The molecule has 3 aromatic carbocycles. The van der Waals surface area contributed by atoms with Crippen molar-refractivity contribution in [2.45, 2.75) is 6.04 Å². The molecule has 0 bridgehead atoms. The maximum absolute atomic E-state index is 11.6. The van der Waals surface area contributed by atoms with E-state index in [1.54, 1.807) is 0 Å². The van der Waals surface area contributed by atoms with E-state index in [0.717, 1.165) is 6.16 Å². The van der Waals surface area contributed by atoms with Gasteiger partial charge in [-0.15, -0.1) is 0 Å². The number of amides is 1. The van der Waals surface area contributed by atoms with Gasteiger partial charge in [0.2, 0.25) is 0 Å². The number of hydrogen-bond acceptors (Lipinski definition) is 2. The van der Waals surface area contributed by atoms with E-state index in [0.29, 0.717) is 6.61 Å². The Morgan fingerprint density at radius 3 is 1.54 bits per heavy atom. The predicted octanol–water partition coefficient (Wildman–Crippen LogP) is 3.09. The van der Waals surface area contributed by atoms with Crippen molar-refractivity contribution >= 4 is 29.3 Å². The van der Waals surface area contributed by atoms with Crippen molar-refractivity contribution in [3.63, 3.8) is 0 Å². The lowest BCUT2D eigenvalue weighted by atomic mass is 10.3. The number of cyclic esters (lactones) is 1. The highest BCUT2D eigenvalue weighted by Gasteiger charge is 2.48. The second-order valence-electron chi connectivity index (χ2n) is 6.44. The van der Waals surface area contributed by atoms with E-state index in [1.165, 1.54) is 15.9 Å². The number of rotatable bonds is 5. The van der Waals surface area contributed by atoms with Crippen LogP contribution in [0, 0.1) is 0 Å². The highest BCUT2D eigenvalue weighted by molar-refractivity contribution is 7.95. The topological polar surface area (TPSA) is 38.3 Å². The van der Waals surface area contributed by atoms with Gasteiger partial charge >= 0.3 is 6.09 Å². The SMILES string of the molecule is O=C1N[C@H](C[P+](c2ccccc2)(c2ccccc2)c2ccccc2)CO1. The molecule has 1 saturated heterocycles. The van der Waals surface area contributed by atoms with Gasteiger partial charge in [0.15, 0.2) is 0 Å². The molecule has 0 aromatic heterocycles. The van der Waals surface area contributed by atoms with E-state index in [4.69, 9.17) is 4.74 Å². The molecule has 0 unspecified atom stereocenters. The van der Waals surface area contributed by atoms with Crippen molar-refractivity contribution in [2.75, 3.05) is 12.8 Å². The Kier molecular flexibility index (Phi) is 4.73. The highest BCUT2D eigenvalue weighted by Crippen LogP contribution is 2.55. The molecule has 1 N–H and O–H groups in total. The first-order valence-electron chi connectivity index (χ1n) is 8.77. The molecule has 1 atom stereocenters. The fraction of sp³-hybridized carbons (Fsp3) is 0.136. The van der Waals surface area contributed by atoms with Crippen molar-refractivity contribution in [1.82, 2.24) is 5.32 Å². The number of alkyl carbamates (subject to hydrolysis) is 1. The third-order valence-electron chi connectivity index (χ3n) is 4.82. The van der Waals surface area contributed by atoms with Gasteiger partial charge in [0, 0.05) is 0 Å². The van der Waals surface area contributed by atoms with Crippen molar-refractivity contribution in [3.8, 4) is 0 Å².